The Hall–Kier alpha value is -1.48. The molecule has 1 aromatic carbocycles. The van der Waals surface area contributed by atoms with Crippen molar-refractivity contribution in [1.29, 1.82) is 0 Å². The summed E-state index contributed by atoms with van der Waals surface area (Å²) >= 11 is 0. The summed E-state index contributed by atoms with van der Waals surface area (Å²) in [4.78, 5) is 2.39. The highest BCUT2D eigenvalue weighted by molar-refractivity contribution is 5.92. The van der Waals surface area contributed by atoms with Gasteiger partial charge in [-0.15, -0.1) is 0 Å². The van der Waals surface area contributed by atoms with Gasteiger partial charge in [0.25, 0.3) is 0 Å². The average molecular weight is 216 g/mol. The molecule has 1 N–H and O–H groups in total. The van der Waals surface area contributed by atoms with Crippen molar-refractivity contribution in [2.24, 2.45) is 0 Å². The van der Waals surface area contributed by atoms with Gasteiger partial charge in [0.2, 0.25) is 0 Å². The molecule has 0 spiro atoms. The van der Waals surface area contributed by atoms with E-state index in [0.29, 0.717) is 0 Å². The molecule has 0 saturated carbocycles. The van der Waals surface area contributed by atoms with E-state index in [1.165, 1.54) is 16.6 Å². The maximum absolute atomic E-state index is 5.67. The minimum Gasteiger partial charge on any atom is -0.462 e. The molecule has 2 heterocycles. The monoisotopic (exact) mass is 216 g/mol. The van der Waals surface area contributed by atoms with Crippen molar-refractivity contribution in [2.45, 2.75) is 6.92 Å². The zero-order chi connectivity index (χ0) is 11.0. The number of furan rings is 1. The number of piperazine rings is 1. The van der Waals surface area contributed by atoms with Gasteiger partial charge in [0.05, 0.1) is 5.69 Å². The average Bonchev–Trinajstić information content (AvgIpc) is 2.75. The zero-order valence-electron chi connectivity index (χ0n) is 9.49. The lowest BCUT2D eigenvalue weighted by Gasteiger charge is -2.28. The van der Waals surface area contributed by atoms with Gasteiger partial charge in [-0.3, -0.25) is 0 Å². The van der Waals surface area contributed by atoms with Crippen LogP contribution in [-0.4, -0.2) is 26.2 Å². The Bertz CT molecular complexity index is 498. The van der Waals surface area contributed by atoms with E-state index in [9.17, 15) is 0 Å². The SMILES string of the molecule is Cc1cccc2c(N3CCNCC3)coc12. The lowest BCUT2D eigenvalue weighted by Crippen LogP contribution is -2.43. The third-order valence-corrected chi connectivity index (χ3v) is 3.23. The van der Waals surface area contributed by atoms with E-state index in [0.717, 1.165) is 31.8 Å². The quantitative estimate of drug-likeness (QED) is 0.791. The van der Waals surface area contributed by atoms with Crippen LogP contribution in [-0.2, 0) is 0 Å². The molecule has 3 nitrogen and oxygen atoms in total. The fraction of sp³-hybridized carbons (Fsp3) is 0.385. The fourth-order valence-electron chi connectivity index (χ4n) is 2.34. The maximum atomic E-state index is 5.67. The minimum atomic E-state index is 1.02. The number of para-hydroxylation sites is 1. The van der Waals surface area contributed by atoms with Crippen molar-refractivity contribution in [3.05, 3.63) is 30.0 Å². The highest BCUT2D eigenvalue weighted by atomic mass is 16.3. The van der Waals surface area contributed by atoms with Crippen LogP contribution in [0.3, 0.4) is 0 Å². The third-order valence-electron chi connectivity index (χ3n) is 3.23. The topological polar surface area (TPSA) is 28.4 Å². The number of anilines is 1. The lowest BCUT2D eigenvalue weighted by atomic mass is 10.1. The van der Waals surface area contributed by atoms with E-state index in [4.69, 9.17) is 4.42 Å². The summed E-state index contributed by atoms with van der Waals surface area (Å²) in [6.45, 7) is 6.31. The van der Waals surface area contributed by atoms with Crippen LogP contribution in [0.25, 0.3) is 11.0 Å². The molecule has 0 radical (unpaired) electrons. The van der Waals surface area contributed by atoms with Crippen molar-refractivity contribution in [1.82, 2.24) is 5.32 Å². The molecule has 0 amide bonds. The third kappa shape index (κ3) is 1.48. The van der Waals surface area contributed by atoms with E-state index in [2.05, 4.69) is 35.3 Å². The summed E-state index contributed by atoms with van der Waals surface area (Å²) in [5.74, 6) is 0. The fourth-order valence-corrected chi connectivity index (χ4v) is 2.34. The van der Waals surface area contributed by atoms with Gasteiger partial charge in [-0.05, 0) is 18.6 Å². The van der Waals surface area contributed by atoms with E-state index in [1.54, 1.807) is 0 Å². The van der Waals surface area contributed by atoms with Gasteiger partial charge >= 0.3 is 0 Å². The van der Waals surface area contributed by atoms with E-state index in [1.807, 2.05) is 6.26 Å². The van der Waals surface area contributed by atoms with Crippen LogP contribution in [0, 0.1) is 6.92 Å². The van der Waals surface area contributed by atoms with Crippen LogP contribution in [0.5, 0.6) is 0 Å². The van der Waals surface area contributed by atoms with Crippen LogP contribution in [0.2, 0.25) is 0 Å². The predicted molar refractivity (Wildman–Crippen MR) is 66.0 cm³/mol. The van der Waals surface area contributed by atoms with E-state index in [-0.39, 0.29) is 0 Å². The molecule has 1 aromatic heterocycles. The number of hydrogen-bond donors (Lipinski definition) is 1. The summed E-state index contributed by atoms with van der Waals surface area (Å²) in [7, 11) is 0. The van der Waals surface area contributed by atoms with Crippen molar-refractivity contribution in [3.8, 4) is 0 Å². The Balaban J connectivity index is 2.06. The van der Waals surface area contributed by atoms with Crippen molar-refractivity contribution in [3.63, 3.8) is 0 Å². The smallest absolute Gasteiger partial charge is 0.138 e. The van der Waals surface area contributed by atoms with Gasteiger partial charge in [0.1, 0.15) is 11.8 Å². The van der Waals surface area contributed by atoms with Crippen LogP contribution in [0.4, 0.5) is 5.69 Å². The number of fused-ring (bicyclic) bond motifs is 1. The summed E-state index contributed by atoms with van der Waals surface area (Å²) in [5.41, 5.74) is 3.47. The molecule has 0 atom stereocenters. The molecule has 2 aromatic rings. The highest BCUT2D eigenvalue weighted by Gasteiger charge is 2.16. The normalized spacial score (nSPS) is 16.9. The largest absolute Gasteiger partial charge is 0.462 e. The number of nitrogens with zero attached hydrogens (tertiary/aromatic N) is 1. The van der Waals surface area contributed by atoms with E-state index < -0.39 is 0 Å². The number of rotatable bonds is 1. The predicted octanol–water partition coefficient (Wildman–Crippen LogP) is 2.15. The second-order valence-electron chi connectivity index (χ2n) is 4.31. The molecule has 84 valence electrons. The molecule has 1 fully saturated rings. The molecule has 3 heteroatoms. The molecule has 3 rings (SSSR count). The standard InChI is InChI=1S/C13H16N2O/c1-10-3-2-4-11-12(9-16-13(10)11)15-7-5-14-6-8-15/h2-4,9,14H,5-8H2,1H3. The first kappa shape index (κ1) is 9.73. The second kappa shape index (κ2) is 3.83. The van der Waals surface area contributed by atoms with Gasteiger partial charge in [-0.2, -0.15) is 0 Å². The maximum Gasteiger partial charge on any atom is 0.138 e. The molecular formula is C13H16N2O. The molecule has 1 saturated heterocycles. The number of aryl methyl sites for hydroxylation is 1. The molecule has 0 bridgehead atoms. The second-order valence-corrected chi connectivity index (χ2v) is 4.31. The molecule has 0 unspecified atom stereocenters. The van der Waals surface area contributed by atoms with Crippen LogP contribution >= 0.6 is 0 Å². The molecule has 0 aliphatic carbocycles. The van der Waals surface area contributed by atoms with Gasteiger partial charge in [-0.1, -0.05) is 12.1 Å². The van der Waals surface area contributed by atoms with Crippen molar-refractivity contribution >= 4 is 16.7 Å². The van der Waals surface area contributed by atoms with Crippen LogP contribution < -0.4 is 10.2 Å². The zero-order valence-corrected chi connectivity index (χ0v) is 9.49. The Labute approximate surface area is 95.0 Å². The van der Waals surface area contributed by atoms with Crippen molar-refractivity contribution in [2.75, 3.05) is 31.1 Å². The van der Waals surface area contributed by atoms with Gasteiger partial charge < -0.3 is 14.6 Å². The van der Waals surface area contributed by atoms with E-state index >= 15 is 0 Å². The minimum absolute atomic E-state index is 1.02. The summed E-state index contributed by atoms with van der Waals surface area (Å²) < 4.78 is 5.67. The summed E-state index contributed by atoms with van der Waals surface area (Å²) in [6, 6.07) is 6.33. The van der Waals surface area contributed by atoms with Crippen molar-refractivity contribution < 1.29 is 4.42 Å². The van der Waals surface area contributed by atoms with Gasteiger partial charge in [-0.25, -0.2) is 0 Å². The summed E-state index contributed by atoms with van der Waals surface area (Å²) in [6.07, 6.45) is 1.89. The Morgan fingerprint density at radius 1 is 1.25 bits per heavy atom. The molecule has 1 aliphatic heterocycles. The Morgan fingerprint density at radius 2 is 2.06 bits per heavy atom. The number of benzene rings is 1. The number of nitrogens with one attached hydrogen (secondary N) is 1. The van der Waals surface area contributed by atoms with Crippen LogP contribution in [0.1, 0.15) is 5.56 Å². The molecular weight excluding hydrogens is 200 g/mol. The van der Waals surface area contributed by atoms with Gasteiger partial charge in [0, 0.05) is 31.6 Å². The lowest BCUT2D eigenvalue weighted by molar-refractivity contribution is 0.578. The highest BCUT2D eigenvalue weighted by Crippen LogP contribution is 2.30. The van der Waals surface area contributed by atoms with Gasteiger partial charge in [0.15, 0.2) is 0 Å². The summed E-state index contributed by atoms with van der Waals surface area (Å²) in [5, 5.41) is 4.60. The Kier molecular flexibility index (Phi) is 2.33. The Morgan fingerprint density at radius 3 is 2.88 bits per heavy atom. The number of hydrogen-bond acceptors (Lipinski definition) is 3. The molecule has 16 heavy (non-hydrogen) atoms. The first-order valence-corrected chi connectivity index (χ1v) is 5.79. The first-order chi connectivity index (χ1) is 7.86. The first-order valence-electron chi connectivity index (χ1n) is 5.79. The van der Waals surface area contributed by atoms with Crippen LogP contribution in [0.15, 0.2) is 28.9 Å². The molecule has 1 aliphatic rings.